The molecule has 2 amide bonds. The van der Waals surface area contributed by atoms with Crippen LogP contribution in [0.5, 0.6) is 0 Å². The lowest BCUT2D eigenvalue weighted by atomic mass is 9.80. The number of aliphatic hydroxyl groups is 4. The molecule has 7 N–H and O–H groups in total. The Labute approximate surface area is 541 Å². The van der Waals surface area contributed by atoms with Crippen molar-refractivity contribution < 1.29 is 101 Å². The summed E-state index contributed by atoms with van der Waals surface area (Å²) in [7, 11) is 3.10. The van der Waals surface area contributed by atoms with Gasteiger partial charge in [-0.3, -0.25) is 14.4 Å². The van der Waals surface area contributed by atoms with E-state index in [0.29, 0.717) is 144 Å². The van der Waals surface area contributed by atoms with Gasteiger partial charge < -0.3 is 93.2 Å². The molecule has 524 valence electrons. The number of likely N-dealkylation sites (tertiary alicyclic amines) is 1. The molecular formula is C67H115N3O21. The molecular weight excluding hydrogens is 1180 g/mol. The van der Waals surface area contributed by atoms with Crippen molar-refractivity contribution in [1.82, 2.24) is 10.2 Å². The van der Waals surface area contributed by atoms with Crippen molar-refractivity contribution in [2.75, 3.05) is 120 Å². The first-order valence-electron chi connectivity index (χ1n) is 33.0. The number of nitrogens with two attached hydrogens (primary N) is 1. The number of ether oxygens (including phenoxy) is 12. The molecule has 91 heavy (non-hydrogen) atoms. The molecule has 3 aliphatic rings. The molecule has 0 aromatic rings. The molecule has 0 unspecified atom stereocenters. The molecule has 24 heteroatoms. The second-order valence-electron chi connectivity index (χ2n) is 24.4. The predicted octanol–water partition coefficient (Wildman–Crippen LogP) is 5.52. The van der Waals surface area contributed by atoms with Gasteiger partial charge in [0.1, 0.15) is 30.5 Å². The molecule has 3 rings (SSSR count). The molecule has 2 heterocycles. The molecule has 0 aromatic heterocycles. The Kier molecular flexibility index (Phi) is 40.4. The van der Waals surface area contributed by atoms with Crippen LogP contribution in [0, 0.1) is 29.6 Å². The number of hydrogen-bond donors (Lipinski definition) is 6. The molecule has 2 saturated heterocycles. The van der Waals surface area contributed by atoms with Crippen LogP contribution in [0.25, 0.3) is 0 Å². The number of hydrogen-bond acceptors (Lipinski definition) is 22. The predicted molar refractivity (Wildman–Crippen MR) is 341 cm³/mol. The van der Waals surface area contributed by atoms with Gasteiger partial charge in [-0.05, 0) is 115 Å². The fourth-order valence-corrected chi connectivity index (χ4v) is 11.6. The van der Waals surface area contributed by atoms with Crippen molar-refractivity contribution in [2.24, 2.45) is 35.3 Å². The first-order valence-corrected chi connectivity index (χ1v) is 33.0. The van der Waals surface area contributed by atoms with Gasteiger partial charge in [-0.1, -0.05) is 64.7 Å². The Hall–Kier alpha value is -4.09. The van der Waals surface area contributed by atoms with Crippen molar-refractivity contribution in [3.05, 3.63) is 48.1 Å². The normalized spacial score (nSPS) is 24.8. The van der Waals surface area contributed by atoms with E-state index in [9.17, 15) is 44.4 Å². The highest BCUT2D eigenvalue weighted by atomic mass is 16.6. The van der Waals surface area contributed by atoms with Gasteiger partial charge in [0.05, 0.1) is 110 Å². The molecule has 2 aliphatic heterocycles. The highest BCUT2D eigenvalue weighted by Crippen LogP contribution is 2.37. The Morgan fingerprint density at radius 1 is 0.758 bits per heavy atom. The van der Waals surface area contributed by atoms with Gasteiger partial charge in [-0.15, -0.1) is 0 Å². The van der Waals surface area contributed by atoms with Crippen LogP contribution >= 0.6 is 0 Å². The second-order valence-corrected chi connectivity index (χ2v) is 24.4. The van der Waals surface area contributed by atoms with Crippen LogP contribution in [-0.4, -0.2) is 241 Å². The fourth-order valence-electron chi connectivity index (χ4n) is 11.6. The molecule has 24 nitrogen and oxygen atoms in total. The summed E-state index contributed by atoms with van der Waals surface area (Å²) in [6, 6.07) is -2.13. The monoisotopic (exact) mass is 1300 g/mol. The number of Topliss-reactive ketones (excluding diaryl/α,β-unsaturated/α-hetero) is 2. The number of nitrogens with one attached hydrogen (secondary N) is 1. The lowest BCUT2D eigenvalue weighted by molar-refractivity contribution is -0.265. The summed E-state index contributed by atoms with van der Waals surface area (Å²) >= 11 is 0. The van der Waals surface area contributed by atoms with E-state index in [-0.39, 0.29) is 62.5 Å². The third kappa shape index (κ3) is 29.2. The molecule has 0 spiro atoms. The third-order valence-electron chi connectivity index (χ3n) is 17.4. The minimum atomic E-state index is -2.46. The number of methoxy groups -OCH3 is 2. The average Bonchev–Trinajstić information content (AvgIpc) is 0.815. The zero-order valence-electron chi connectivity index (χ0n) is 56.3. The topological polar surface area (TPSA) is 318 Å². The number of piperidine rings is 1. The van der Waals surface area contributed by atoms with Gasteiger partial charge in [0, 0.05) is 70.6 Å². The number of carbonyl (C=O) groups excluding carboxylic acids is 5. The summed E-state index contributed by atoms with van der Waals surface area (Å²) in [5.41, 5.74) is 8.21. The maximum atomic E-state index is 14.6. The summed E-state index contributed by atoms with van der Waals surface area (Å²) < 4.78 is 68.0. The SMILES string of the molecule is C=C/C=C/[C@@H](C)C[C@@H](C)C(=O)[C@H](O)[C@H](O)/C(C)=C/[C@@H](C)[C@H](O)C[C@H](OC(=O)[C@@H]1CCCCN1C(=O)C(=O)[C@]1(O)O[C@H](C[C@H](OC)/C(C)=C/C)CC[C@H]1C)[C@H](N)C[C@@H]1CC[C@@H](OC(=O)NCCOCCOCCOCCOCCOCCOCCOCC)[C@H](OC)C1. The number of nitrogens with zero attached hydrogens (tertiary/aromatic N) is 1. The highest BCUT2D eigenvalue weighted by molar-refractivity contribution is 6.39. The van der Waals surface area contributed by atoms with Gasteiger partial charge >= 0.3 is 12.1 Å². The Morgan fingerprint density at radius 3 is 1.91 bits per heavy atom. The number of carbonyl (C=O) groups is 5. The number of amides is 2. The number of allylic oxidation sites excluding steroid dienone is 4. The van der Waals surface area contributed by atoms with E-state index in [4.69, 9.17) is 62.6 Å². The number of alkyl carbamates (subject to hydrolysis) is 1. The standard InChI is InChI=1S/C67H115N3O21/c1-12-15-18-45(4)39-48(7)60(72)62(74)61(73)49(8)40-47(6)55(71)44-58(89-65(77)54-19-16-17-25-70(54)64(76)63(75)67(79)50(9)20-22-52(91-67)43-57(80-10)46(5)13-2)53(68)41-51-21-23-56(59(42-51)81-11)90-66(78)69-24-26-83-29-30-85-33-34-87-37-38-88-36-35-86-32-31-84-28-27-82-14-3/h12-13,15,18,40,45,47-48,50-59,61-62,71,73-74,79H,1,14,16-17,19-39,41-44,68H2,2-11H3,(H,69,78)/b18-15+,46-13+,49-40+/t45-,47-,48-,50-,51+,52+,53-,54+,55-,56-,57+,58+,59-,61-,62+,67-/m1/s1. The smallest absolute Gasteiger partial charge is 0.407 e. The van der Waals surface area contributed by atoms with Crippen molar-refractivity contribution >= 4 is 29.5 Å². The van der Waals surface area contributed by atoms with Crippen molar-refractivity contribution in [1.29, 1.82) is 0 Å². The van der Waals surface area contributed by atoms with E-state index < -0.39 is 108 Å². The number of esters is 1. The van der Waals surface area contributed by atoms with E-state index in [0.717, 1.165) is 10.5 Å². The van der Waals surface area contributed by atoms with Crippen LogP contribution in [-0.2, 0) is 76.0 Å². The van der Waals surface area contributed by atoms with E-state index in [1.807, 2.05) is 39.8 Å². The summed E-state index contributed by atoms with van der Waals surface area (Å²) in [5, 5.41) is 48.8. The van der Waals surface area contributed by atoms with E-state index in [1.54, 1.807) is 53.0 Å². The molecule has 1 aliphatic carbocycles. The summed E-state index contributed by atoms with van der Waals surface area (Å²) in [6.07, 6.45) is 4.73. The van der Waals surface area contributed by atoms with E-state index >= 15 is 0 Å². The van der Waals surface area contributed by atoms with Crippen LogP contribution in [0.4, 0.5) is 4.79 Å². The summed E-state index contributed by atoms with van der Waals surface area (Å²) in [5.74, 6) is -8.24. The molecule has 1 saturated carbocycles. The Balaban J connectivity index is 1.62. The van der Waals surface area contributed by atoms with Gasteiger partial charge in [0.25, 0.3) is 11.7 Å². The maximum Gasteiger partial charge on any atom is 0.407 e. The van der Waals surface area contributed by atoms with Gasteiger partial charge in [0.2, 0.25) is 5.79 Å². The molecule has 3 fully saturated rings. The Morgan fingerprint density at radius 2 is 1.35 bits per heavy atom. The zero-order chi connectivity index (χ0) is 67.3. The van der Waals surface area contributed by atoms with E-state index in [2.05, 4.69) is 11.9 Å². The third-order valence-corrected chi connectivity index (χ3v) is 17.4. The average molecular weight is 1300 g/mol. The number of ketones is 2. The van der Waals surface area contributed by atoms with Gasteiger partial charge in [-0.2, -0.15) is 0 Å². The van der Waals surface area contributed by atoms with Crippen LogP contribution in [0.1, 0.15) is 132 Å². The quantitative estimate of drug-likeness (QED) is 0.0144. The number of rotatable bonds is 47. The minimum Gasteiger partial charge on any atom is -0.459 e. The Bertz CT molecular complexity index is 2200. The van der Waals surface area contributed by atoms with Gasteiger partial charge in [-0.25, -0.2) is 9.59 Å². The van der Waals surface area contributed by atoms with Crippen molar-refractivity contribution in [3.63, 3.8) is 0 Å². The van der Waals surface area contributed by atoms with Crippen LogP contribution in [0.3, 0.4) is 0 Å². The highest BCUT2D eigenvalue weighted by Gasteiger charge is 2.53. The fraction of sp³-hybridized carbons (Fsp3) is 0.806. The van der Waals surface area contributed by atoms with Crippen LogP contribution in [0.2, 0.25) is 0 Å². The molecule has 0 aromatic carbocycles. The molecule has 0 radical (unpaired) electrons. The maximum absolute atomic E-state index is 14.6. The number of aliphatic hydroxyl groups excluding tert-OH is 3. The summed E-state index contributed by atoms with van der Waals surface area (Å²) in [4.78, 5) is 70.6. The molecule has 16 atom stereocenters. The second kappa shape index (κ2) is 45.3. The van der Waals surface area contributed by atoms with Crippen LogP contribution in [0.15, 0.2) is 48.1 Å². The largest absolute Gasteiger partial charge is 0.459 e. The first kappa shape index (κ1) is 81.1. The lowest BCUT2D eigenvalue weighted by Crippen LogP contribution is -2.61. The zero-order valence-corrected chi connectivity index (χ0v) is 56.3. The van der Waals surface area contributed by atoms with Crippen LogP contribution < -0.4 is 11.1 Å². The van der Waals surface area contributed by atoms with Crippen molar-refractivity contribution in [2.45, 2.75) is 199 Å². The lowest BCUT2D eigenvalue weighted by Gasteiger charge is -2.42. The van der Waals surface area contributed by atoms with E-state index in [1.165, 1.54) is 7.11 Å². The van der Waals surface area contributed by atoms with Crippen molar-refractivity contribution in [3.8, 4) is 0 Å². The minimum absolute atomic E-state index is 0.0140. The first-order chi connectivity index (χ1) is 43.6. The molecule has 0 bridgehead atoms. The summed E-state index contributed by atoms with van der Waals surface area (Å²) in [6.45, 7) is 24.4. The van der Waals surface area contributed by atoms with Gasteiger partial charge in [0.15, 0.2) is 5.78 Å².